The summed E-state index contributed by atoms with van der Waals surface area (Å²) in [6, 6.07) is 25.6. The van der Waals surface area contributed by atoms with E-state index in [2.05, 4.69) is 10.3 Å². The van der Waals surface area contributed by atoms with Crippen molar-refractivity contribution in [3.8, 4) is 5.75 Å². The minimum absolute atomic E-state index is 0.0349. The number of anilines is 1. The lowest BCUT2D eigenvalue weighted by molar-refractivity contribution is -0.118. The van der Waals surface area contributed by atoms with Crippen molar-refractivity contribution in [2.24, 2.45) is 0 Å². The van der Waals surface area contributed by atoms with Gasteiger partial charge in [0.2, 0.25) is 0 Å². The lowest BCUT2D eigenvalue weighted by atomic mass is 10.1. The van der Waals surface area contributed by atoms with Crippen LogP contribution in [0.4, 0.5) is 5.69 Å². The molecule has 4 aromatic rings. The van der Waals surface area contributed by atoms with Crippen LogP contribution in [-0.2, 0) is 11.2 Å². The second-order valence-corrected chi connectivity index (χ2v) is 6.54. The Hall–Kier alpha value is -3.66. The summed E-state index contributed by atoms with van der Waals surface area (Å²) in [5.41, 5.74) is 3.14. The molecule has 1 heterocycles. The van der Waals surface area contributed by atoms with Gasteiger partial charge < -0.3 is 10.1 Å². The minimum atomic E-state index is -0.185. The molecule has 4 rings (SSSR count). The number of amides is 1. The monoisotopic (exact) mass is 368 g/mol. The van der Waals surface area contributed by atoms with Crippen LogP contribution in [0.25, 0.3) is 10.8 Å². The van der Waals surface area contributed by atoms with Crippen LogP contribution in [0.3, 0.4) is 0 Å². The van der Waals surface area contributed by atoms with Crippen LogP contribution in [-0.4, -0.2) is 17.5 Å². The van der Waals surface area contributed by atoms with Gasteiger partial charge in [-0.15, -0.1) is 0 Å². The van der Waals surface area contributed by atoms with E-state index in [1.165, 1.54) is 11.1 Å². The van der Waals surface area contributed by atoms with Crippen LogP contribution in [0.5, 0.6) is 5.75 Å². The maximum atomic E-state index is 12.3. The average molecular weight is 368 g/mol. The molecule has 0 fully saturated rings. The van der Waals surface area contributed by atoms with Crippen molar-refractivity contribution in [3.05, 3.63) is 102 Å². The molecule has 4 heteroatoms. The van der Waals surface area contributed by atoms with Gasteiger partial charge in [0, 0.05) is 23.5 Å². The molecule has 0 aliphatic carbocycles. The number of nitrogens with zero attached hydrogens (tertiary/aromatic N) is 1. The van der Waals surface area contributed by atoms with E-state index in [0.29, 0.717) is 5.75 Å². The zero-order valence-corrected chi connectivity index (χ0v) is 15.3. The second-order valence-electron chi connectivity index (χ2n) is 6.54. The highest BCUT2D eigenvalue weighted by atomic mass is 16.5. The summed E-state index contributed by atoms with van der Waals surface area (Å²) in [5.74, 6) is 0.524. The van der Waals surface area contributed by atoms with Gasteiger partial charge in [-0.3, -0.25) is 9.78 Å². The number of fused-ring (bicyclic) bond motifs is 1. The molecule has 0 bridgehead atoms. The van der Waals surface area contributed by atoms with Crippen molar-refractivity contribution in [2.75, 3.05) is 11.9 Å². The van der Waals surface area contributed by atoms with E-state index >= 15 is 0 Å². The first-order chi connectivity index (χ1) is 13.8. The summed E-state index contributed by atoms with van der Waals surface area (Å²) in [6.07, 6.45) is 4.42. The summed E-state index contributed by atoms with van der Waals surface area (Å²) in [6.45, 7) is -0.0349. The lowest BCUT2D eigenvalue weighted by Gasteiger charge is -2.10. The van der Waals surface area contributed by atoms with Crippen molar-refractivity contribution in [1.29, 1.82) is 0 Å². The Morgan fingerprint density at radius 1 is 0.821 bits per heavy atom. The van der Waals surface area contributed by atoms with Crippen molar-refractivity contribution < 1.29 is 9.53 Å². The Kier molecular flexibility index (Phi) is 5.29. The number of hydrogen-bond acceptors (Lipinski definition) is 3. The largest absolute Gasteiger partial charge is 0.483 e. The predicted molar refractivity (Wildman–Crippen MR) is 112 cm³/mol. The zero-order chi connectivity index (χ0) is 19.2. The van der Waals surface area contributed by atoms with Crippen molar-refractivity contribution >= 4 is 22.4 Å². The van der Waals surface area contributed by atoms with Gasteiger partial charge in [0.05, 0.1) is 0 Å². The highest BCUT2D eigenvalue weighted by Crippen LogP contribution is 2.25. The van der Waals surface area contributed by atoms with E-state index in [-0.39, 0.29) is 12.5 Å². The van der Waals surface area contributed by atoms with Crippen LogP contribution in [0.2, 0.25) is 0 Å². The molecule has 0 spiro atoms. The highest BCUT2D eigenvalue weighted by molar-refractivity contribution is 5.93. The fourth-order valence-corrected chi connectivity index (χ4v) is 3.10. The number of benzene rings is 3. The van der Waals surface area contributed by atoms with E-state index in [4.69, 9.17) is 4.74 Å². The molecule has 0 radical (unpaired) electrons. The van der Waals surface area contributed by atoms with E-state index in [0.717, 1.165) is 22.9 Å². The number of nitrogens with one attached hydrogen (secondary N) is 1. The van der Waals surface area contributed by atoms with Crippen molar-refractivity contribution in [1.82, 2.24) is 4.98 Å². The highest BCUT2D eigenvalue weighted by Gasteiger charge is 2.06. The molecule has 0 aliphatic rings. The Morgan fingerprint density at radius 2 is 1.54 bits per heavy atom. The Labute approximate surface area is 163 Å². The molecule has 0 saturated carbocycles. The van der Waals surface area contributed by atoms with Gasteiger partial charge >= 0.3 is 0 Å². The number of carbonyl (C=O) groups is 1. The van der Waals surface area contributed by atoms with E-state index in [1.54, 1.807) is 12.4 Å². The first-order valence-corrected chi connectivity index (χ1v) is 9.16. The number of pyridine rings is 1. The number of carbonyl (C=O) groups excluding carboxylic acids is 1. The minimum Gasteiger partial charge on any atom is -0.483 e. The topological polar surface area (TPSA) is 51.2 Å². The molecule has 1 aromatic heterocycles. The molecule has 0 atom stereocenters. The molecule has 0 aliphatic heterocycles. The zero-order valence-electron chi connectivity index (χ0n) is 15.3. The maximum Gasteiger partial charge on any atom is 0.262 e. The van der Waals surface area contributed by atoms with E-state index in [9.17, 15) is 4.79 Å². The molecule has 28 heavy (non-hydrogen) atoms. The SMILES string of the molecule is O=C(COc1cccc2ccccc12)Nc1ccc(Cc2ccncc2)cc1. The molecule has 1 N–H and O–H groups in total. The van der Waals surface area contributed by atoms with Gasteiger partial charge in [0.25, 0.3) is 5.91 Å². The summed E-state index contributed by atoms with van der Waals surface area (Å²) in [5, 5.41) is 4.96. The molecular formula is C24H20N2O2. The lowest BCUT2D eigenvalue weighted by Crippen LogP contribution is -2.20. The Bertz CT molecular complexity index is 1070. The second kappa shape index (κ2) is 8.35. The van der Waals surface area contributed by atoms with Gasteiger partial charge in [-0.25, -0.2) is 0 Å². The standard InChI is InChI=1S/C24H20N2O2/c27-24(17-28-23-7-3-5-20-4-1-2-6-22(20)23)26-21-10-8-18(9-11-21)16-19-12-14-25-15-13-19/h1-15H,16-17H2,(H,26,27). The van der Waals surface area contributed by atoms with Crippen LogP contribution >= 0.6 is 0 Å². The molecule has 1 amide bonds. The Morgan fingerprint density at radius 3 is 2.36 bits per heavy atom. The van der Waals surface area contributed by atoms with Crippen LogP contribution in [0.15, 0.2) is 91.3 Å². The van der Waals surface area contributed by atoms with Gasteiger partial charge in [0.1, 0.15) is 5.75 Å². The first kappa shape index (κ1) is 17.7. The van der Waals surface area contributed by atoms with Crippen molar-refractivity contribution in [3.63, 3.8) is 0 Å². The van der Waals surface area contributed by atoms with Crippen LogP contribution < -0.4 is 10.1 Å². The fraction of sp³-hybridized carbons (Fsp3) is 0.0833. The quantitative estimate of drug-likeness (QED) is 0.530. The number of ether oxygens (including phenoxy) is 1. The molecule has 0 unspecified atom stereocenters. The van der Waals surface area contributed by atoms with Gasteiger partial charge in [-0.1, -0.05) is 48.5 Å². The van der Waals surface area contributed by atoms with Crippen LogP contribution in [0.1, 0.15) is 11.1 Å². The molecular weight excluding hydrogens is 348 g/mol. The summed E-state index contributed by atoms with van der Waals surface area (Å²) in [7, 11) is 0. The summed E-state index contributed by atoms with van der Waals surface area (Å²) in [4.78, 5) is 16.3. The molecule has 138 valence electrons. The smallest absolute Gasteiger partial charge is 0.262 e. The molecule has 3 aromatic carbocycles. The Balaban J connectivity index is 1.34. The molecule has 0 saturated heterocycles. The van der Waals surface area contributed by atoms with Gasteiger partial charge in [0.15, 0.2) is 6.61 Å². The summed E-state index contributed by atoms with van der Waals surface area (Å²) >= 11 is 0. The predicted octanol–water partition coefficient (Wildman–Crippen LogP) is 4.84. The van der Waals surface area contributed by atoms with Gasteiger partial charge in [-0.05, 0) is 53.3 Å². The molecule has 4 nitrogen and oxygen atoms in total. The van der Waals surface area contributed by atoms with E-state index in [1.807, 2.05) is 78.9 Å². The van der Waals surface area contributed by atoms with Gasteiger partial charge in [-0.2, -0.15) is 0 Å². The summed E-state index contributed by atoms with van der Waals surface area (Å²) < 4.78 is 5.74. The van der Waals surface area contributed by atoms with E-state index < -0.39 is 0 Å². The first-order valence-electron chi connectivity index (χ1n) is 9.16. The third-order valence-electron chi connectivity index (χ3n) is 4.50. The maximum absolute atomic E-state index is 12.3. The van der Waals surface area contributed by atoms with Crippen LogP contribution in [0, 0.1) is 0 Å². The number of rotatable bonds is 6. The normalized spacial score (nSPS) is 10.6. The average Bonchev–Trinajstić information content (AvgIpc) is 2.74. The third kappa shape index (κ3) is 4.35. The number of aromatic nitrogens is 1. The van der Waals surface area contributed by atoms with Crippen molar-refractivity contribution in [2.45, 2.75) is 6.42 Å². The fourth-order valence-electron chi connectivity index (χ4n) is 3.10. The number of hydrogen-bond donors (Lipinski definition) is 1. The third-order valence-corrected chi connectivity index (χ3v) is 4.50.